The number of para-hydroxylation sites is 1. The van der Waals surface area contributed by atoms with Crippen molar-refractivity contribution >= 4 is 33.2 Å². The first-order valence-corrected chi connectivity index (χ1v) is 9.98. The summed E-state index contributed by atoms with van der Waals surface area (Å²) in [6, 6.07) is 8.15. The van der Waals surface area contributed by atoms with Crippen molar-refractivity contribution in [2.24, 2.45) is 5.92 Å². The number of aromatic amines is 1. The fraction of sp³-hybridized carbons (Fsp3) is 0.286. The van der Waals surface area contributed by atoms with Gasteiger partial charge in [-0.15, -0.1) is 11.3 Å². The van der Waals surface area contributed by atoms with Crippen LogP contribution in [0.15, 0.2) is 29.1 Å². The third kappa shape index (κ3) is 3.78. The maximum atomic E-state index is 12.7. The highest BCUT2D eigenvalue weighted by Crippen LogP contribution is 2.36. The molecule has 8 heteroatoms. The Morgan fingerprint density at radius 2 is 2.24 bits per heavy atom. The second kappa shape index (κ2) is 7.76. The number of thiophene rings is 1. The maximum absolute atomic E-state index is 12.7. The quantitative estimate of drug-likeness (QED) is 0.625. The average molecular weight is 413 g/mol. The largest absolute Gasteiger partial charge is 0.434 e. The first-order chi connectivity index (χ1) is 14.0. The van der Waals surface area contributed by atoms with Gasteiger partial charge in [0.05, 0.1) is 11.0 Å². The molecule has 1 aromatic carbocycles. The molecule has 0 saturated carbocycles. The summed E-state index contributed by atoms with van der Waals surface area (Å²) in [5.41, 5.74) is 1.14. The predicted octanol–water partition coefficient (Wildman–Crippen LogP) is 4.77. The van der Waals surface area contributed by atoms with Crippen molar-refractivity contribution in [3.05, 3.63) is 56.4 Å². The number of aryl methyl sites for hydroxylation is 1. The number of halogens is 2. The van der Waals surface area contributed by atoms with Gasteiger partial charge < -0.3 is 9.72 Å². The number of fused-ring (bicyclic) bond motifs is 3. The fourth-order valence-corrected chi connectivity index (χ4v) is 4.97. The van der Waals surface area contributed by atoms with Gasteiger partial charge in [0.1, 0.15) is 16.6 Å². The number of nitrogens with one attached hydrogen (secondary N) is 1. The van der Waals surface area contributed by atoms with Crippen molar-refractivity contribution in [1.29, 1.82) is 5.26 Å². The molecular formula is C21H17F2N3O2S. The molecule has 2 heterocycles. The van der Waals surface area contributed by atoms with Crippen LogP contribution in [0.1, 0.15) is 35.2 Å². The average Bonchev–Trinajstić information content (AvgIpc) is 3.04. The van der Waals surface area contributed by atoms with Crippen LogP contribution in [0.5, 0.6) is 5.75 Å². The van der Waals surface area contributed by atoms with E-state index in [0.717, 1.165) is 24.8 Å². The highest BCUT2D eigenvalue weighted by atomic mass is 32.1. The van der Waals surface area contributed by atoms with Crippen LogP contribution in [-0.2, 0) is 12.8 Å². The summed E-state index contributed by atoms with van der Waals surface area (Å²) in [5.74, 6) is 0.623. The molecule has 0 aliphatic heterocycles. The minimum atomic E-state index is -2.98. The van der Waals surface area contributed by atoms with E-state index in [9.17, 15) is 18.8 Å². The molecule has 1 aliphatic rings. The van der Waals surface area contributed by atoms with Crippen molar-refractivity contribution in [2.75, 3.05) is 0 Å². The molecule has 1 atom stereocenters. The van der Waals surface area contributed by atoms with Gasteiger partial charge in [0, 0.05) is 10.4 Å². The number of H-pyrrole nitrogens is 1. The molecular weight excluding hydrogens is 396 g/mol. The van der Waals surface area contributed by atoms with Crippen LogP contribution >= 0.6 is 11.3 Å². The van der Waals surface area contributed by atoms with Gasteiger partial charge in [-0.1, -0.05) is 25.1 Å². The molecule has 148 valence electrons. The Morgan fingerprint density at radius 1 is 1.45 bits per heavy atom. The Hall–Kier alpha value is -3.05. The van der Waals surface area contributed by atoms with Crippen LogP contribution in [0.25, 0.3) is 21.9 Å². The Kier molecular flexibility index (Phi) is 5.16. The predicted molar refractivity (Wildman–Crippen MR) is 108 cm³/mol. The topological polar surface area (TPSA) is 78.8 Å². The van der Waals surface area contributed by atoms with Gasteiger partial charge in [-0.05, 0) is 42.9 Å². The summed E-state index contributed by atoms with van der Waals surface area (Å²) in [4.78, 5) is 21.7. The standard InChI is InChI=1S/C21H17F2N3O2S/c1-11-6-7-14-16(8-11)29-20-17(14)19(27)25-18(26-20)13(10-24)9-12-4-2-3-5-15(12)28-21(22)23/h2-5,9,11,21H,6-8H2,1H3,(H,25,26,27)/b13-9+. The number of hydrogen-bond donors (Lipinski definition) is 1. The fourth-order valence-electron chi connectivity index (χ4n) is 3.59. The third-order valence-electron chi connectivity index (χ3n) is 4.98. The van der Waals surface area contributed by atoms with Crippen LogP contribution in [0.4, 0.5) is 8.78 Å². The van der Waals surface area contributed by atoms with Gasteiger partial charge in [-0.2, -0.15) is 14.0 Å². The highest BCUT2D eigenvalue weighted by Gasteiger charge is 2.23. The maximum Gasteiger partial charge on any atom is 0.387 e. The van der Waals surface area contributed by atoms with Gasteiger partial charge in [0.15, 0.2) is 5.82 Å². The van der Waals surface area contributed by atoms with Gasteiger partial charge in [0.25, 0.3) is 5.56 Å². The number of rotatable bonds is 4. The molecule has 4 rings (SSSR count). The number of nitriles is 1. The first kappa shape index (κ1) is 19.3. The zero-order valence-electron chi connectivity index (χ0n) is 15.5. The van der Waals surface area contributed by atoms with E-state index in [0.29, 0.717) is 21.7 Å². The van der Waals surface area contributed by atoms with Crippen LogP contribution in [0.3, 0.4) is 0 Å². The second-order valence-electron chi connectivity index (χ2n) is 7.03. The molecule has 0 fully saturated rings. The normalized spacial score (nSPS) is 16.7. The van der Waals surface area contributed by atoms with E-state index in [1.54, 1.807) is 18.2 Å². The number of alkyl halides is 2. The zero-order chi connectivity index (χ0) is 20.5. The van der Waals surface area contributed by atoms with Crippen LogP contribution in [-0.4, -0.2) is 16.6 Å². The van der Waals surface area contributed by atoms with Gasteiger partial charge in [-0.3, -0.25) is 4.79 Å². The minimum absolute atomic E-state index is 0.0562. The number of benzene rings is 1. The van der Waals surface area contributed by atoms with Crippen molar-refractivity contribution in [3.63, 3.8) is 0 Å². The lowest BCUT2D eigenvalue weighted by Crippen LogP contribution is -2.14. The molecule has 1 unspecified atom stereocenters. The number of ether oxygens (including phenoxy) is 1. The summed E-state index contributed by atoms with van der Waals surface area (Å²) in [6.07, 6.45) is 4.19. The molecule has 3 aromatic rings. The van der Waals surface area contributed by atoms with E-state index in [2.05, 4.69) is 21.6 Å². The number of allylic oxidation sites excluding steroid dienone is 1. The van der Waals surface area contributed by atoms with Crippen molar-refractivity contribution in [3.8, 4) is 11.8 Å². The summed E-state index contributed by atoms with van der Waals surface area (Å²) >= 11 is 1.49. The van der Waals surface area contributed by atoms with E-state index in [1.165, 1.54) is 28.4 Å². The van der Waals surface area contributed by atoms with Crippen molar-refractivity contribution in [1.82, 2.24) is 9.97 Å². The Morgan fingerprint density at radius 3 is 3.00 bits per heavy atom. The van der Waals surface area contributed by atoms with E-state index in [4.69, 9.17) is 0 Å². The molecule has 0 bridgehead atoms. The molecule has 0 amide bonds. The van der Waals surface area contributed by atoms with Crippen LogP contribution in [0, 0.1) is 17.2 Å². The summed E-state index contributed by atoms with van der Waals surface area (Å²) in [7, 11) is 0. The van der Waals surface area contributed by atoms with Crippen molar-refractivity contribution < 1.29 is 13.5 Å². The smallest absolute Gasteiger partial charge is 0.387 e. The zero-order valence-corrected chi connectivity index (χ0v) is 16.4. The lowest BCUT2D eigenvalue weighted by Gasteiger charge is -2.17. The molecule has 29 heavy (non-hydrogen) atoms. The van der Waals surface area contributed by atoms with E-state index < -0.39 is 6.61 Å². The highest BCUT2D eigenvalue weighted by molar-refractivity contribution is 7.18. The van der Waals surface area contributed by atoms with E-state index in [1.807, 2.05) is 6.07 Å². The monoisotopic (exact) mass is 413 g/mol. The Balaban J connectivity index is 1.81. The van der Waals surface area contributed by atoms with E-state index in [-0.39, 0.29) is 22.7 Å². The first-order valence-electron chi connectivity index (χ1n) is 9.17. The number of aromatic nitrogens is 2. The van der Waals surface area contributed by atoms with Crippen LogP contribution < -0.4 is 10.3 Å². The molecule has 5 nitrogen and oxygen atoms in total. The summed E-state index contributed by atoms with van der Waals surface area (Å²) in [5, 5.41) is 10.2. The molecule has 1 N–H and O–H groups in total. The molecule has 0 saturated heterocycles. The summed E-state index contributed by atoms with van der Waals surface area (Å²) in [6.45, 7) is -0.796. The van der Waals surface area contributed by atoms with Crippen LogP contribution in [0.2, 0.25) is 0 Å². The second-order valence-corrected chi connectivity index (χ2v) is 8.12. The SMILES string of the molecule is CC1CCc2c(sc3nc(/C(C#N)=C/c4ccccc4OC(F)F)[nH]c(=O)c23)C1. The lowest BCUT2D eigenvalue weighted by atomic mass is 9.89. The summed E-state index contributed by atoms with van der Waals surface area (Å²) < 4.78 is 29.8. The molecule has 2 aromatic heterocycles. The Labute approximate surface area is 169 Å². The molecule has 0 radical (unpaired) electrons. The van der Waals surface area contributed by atoms with Gasteiger partial charge >= 0.3 is 6.61 Å². The van der Waals surface area contributed by atoms with Gasteiger partial charge in [-0.25, -0.2) is 4.98 Å². The lowest BCUT2D eigenvalue weighted by molar-refractivity contribution is -0.0499. The Bertz CT molecular complexity index is 1210. The van der Waals surface area contributed by atoms with Gasteiger partial charge in [0.2, 0.25) is 0 Å². The minimum Gasteiger partial charge on any atom is -0.434 e. The number of nitrogens with zero attached hydrogens (tertiary/aromatic N) is 2. The van der Waals surface area contributed by atoms with Crippen molar-refractivity contribution in [2.45, 2.75) is 32.8 Å². The molecule has 0 spiro atoms. The molecule has 1 aliphatic carbocycles. The number of hydrogen-bond acceptors (Lipinski definition) is 5. The third-order valence-corrected chi connectivity index (χ3v) is 6.12. The van der Waals surface area contributed by atoms with E-state index >= 15 is 0 Å².